The maximum absolute atomic E-state index is 11.7. The van der Waals surface area contributed by atoms with Crippen molar-refractivity contribution in [1.82, 2.24) is 0 Å². The molecule has 0 aromatic heterocycles. The third kappa shape index (κ3) is 8.09. The van der Waals surface area contributed by atoms with Crippen LogP contribution in [0.15, 0.2) is 30.3 Å². The van der Waals surface area contributed by atoms with Crippen molar-refractivity contribution < 1.29 is 33.3 Å². The molecular formula is C27H37NO7. The Morgan fingerprint density at radius 3 is 2.00 bits per heavy atom. The van der Waals surface area contributed by atoms with Crippen LogP contribution >= 0.6 is 0 Å². The third-order valence-corrected chi connectivity index (χ3v) is 5.23. The SMILES string of the molecule is CCCc1c(OCCCOc2ccc(C(N)=O)c(OC)c2CCC)cccc1OCC(=O)OCC. The fourth-order valence-electron chi connectivity index (χ4n) is 3.73. The quantitative estimate of drug-likeness (QED) is 0.275. The summed E-state index contributed by atoms with van der Waals surface area (Å²) in [6.07, 6.45) is 3.88. The minimum absolute atomic E-state index is 0.139. The van der Waals surface area contributed by atoms with Gasteiger partial charge in [-0.15, -0.1) is 0 Å². The normalized spacial score (nSPS) is 10.5. The van der Waals surface area contributed by atoms with E-state index in [0.29, 0.717) is 55.5 Å². The van der Waals surface area contributed by atoms with E-state index in [0.717, 1.165) is 36.1 Å². The Kier molecular flexibility index (Phi) is 11.7. The molecule has 35 heavy (non-hydrogen) atoms. The summed E-state index contributed by atoms with van der Waals surface area (Å²) in [5.74, 6) is 1.57. The lowest BCUT2D eigenvalue weighted by atomic mass is 10.0. The van der Waals surface area contributed by atoms with Gasteiger partial charge in [0.25, 0.3) is 5.91 Å². The molecule has 0 saturated carbocycles. The maximum Gasteiger partial charge on any atom is 0.344 e. The number of methoxy groups -OCH3 is 1. The van der Waals surface area contributed by atoms with Crippen LogP contribution in [0.5, 0.6) is 23.0 Å². The molecule has 0 aliphatic carbocycles. The molecule has 0 radical (unpaired) electrons. The number of ether oxygens (including phenoxy) is 5. The summed E-state index contributed by atoms with van der Waals surface area (Å²) in [7, 11) is 1.52. The third-order valence-electron chi connectivity index (χ3n) is 5.23. The molecule has 1 amide bonds. The summed E-state index contributed by atoms with van der Waals surface area (Å²) in [6.45, 7) is 6.93. The van der Waals surface area contributed by atoms with E-state index in [1.807, 2.05) is 25.1 Å². The Morgan fingerprint density at radius 1 is 0.829 bits per heavy atom. The van der Waals surface area contributed by atoms with Gasteiger partial charge in [-0.2, -0.15) is 0 Å². The minimum Gasteiger partial charge on any atom is -0.495 e. The summed E-state index contributed by atoms with van der Waals surface area (Å²) < 4.78 is 28.1. The average molecular weight is 488 g/mol. The molecule has 0 atom stereocenters. The van der Waals surface area contributed by atoms with Crippen molar-refractivity contribution >= 4 is 11.9 Å². The van der Waals surface area contributed by atoms with E-state index >= 15 is 0 Å². The molecule has 192 valence electrons. The molecule has 8 heteroatoms. The molecular weight excluding hydrogens is 450 g/mol. The monoisotopic (exact) mass is 487 g/mol. The Bertz CT molecular complexity index is 974. The zero-order valence-electron chi connectivity index (χ0n) is 21.2. The van der Waals surface area contributed by atoms with Crippen LogP contribution in [0.2, 0.25) is 0 Å². The van der Waals surface area contributed by atoms with Crippen molar-refractivity contribution in [3.05, 3.63) is 47.0 Å². The van der Waals surface area contributed by atoms with E-state index in [4.69, 9.17) is 29.4 Å². The number of hydrogen-bond acceptors (Lipinski definition) is 7. The molecule has 0 aliphatic rings. The highest BCUT2D eigenvalue weighted by Crippen LogP contribution is 2.34. The molecule has 0 bridgehead atoms. The zero-order chi connectivity index (χ0) is 25.6. The highest BCUT2D eigenvalue weighted by molar-refractivity contribution is 5.96. The Hall–Kier alpha value is -3.42. The first-order chi connectivity index (χ1) is 17.0. The molecule has 0 spiro atoms. The molecule has 2 N–H and O–H groups in total. The molecule has 0 aliphatic heterocycles. The first-order valence-electron chi connectivity index (χ1n) is 12.1. The first kappa shape index (κ1) is 27.8. The van der Waals surface area contributed by atoms with Gasteiger partial charge in [0, 0.05) is 17.5 Å². The van der Waals surface area contributed by atoms with E-state index in [-0.39, 0.29) is 6.61 Å². The molecule has 2 rings (SSSR count). The van der Waals surface area contributed by atoms with Gasteiger partial charge >= 0.3 is 5.97 Å². The van der Waals surface area contributed by atoms with E-state index in [9.17, 15) is 9.59 Å². The van der Waals surface area contributed by atoms with Crippen LogP contribution in [0.1, 0.15) is 61.5 Å². The highest BCUT2D eigenvalue weighted by atomic mass is 16.6. The predicted octanol–water partition coefficient (Wildman–Crippen LogP) is 4.49. The predicted molar refractivity (Wildman–Crippen MR) is 134 cm³/mol. The van der Waals surface area contributed by atoms with Crippen LogP contribution < -0.4 is 24.7 Å². The van der Waals surface area contributed by atoms with Gasteiger partial charge in [0.05, 0.1) is 32.5 Å². The number of esters is 1. The van der Waals surface area contributed by atoms with Crippen molar-refractivity contribution in [2.45, 2.75) is 52.9 Å². The van der Waals surface area contributed by atoms with Crippen LogP contribution in [0.3, 0.4) is 0 Å². The lowest BCUT2D eigenvalue weighted by molar-refractivity contribution is -0.145. The smallest absolute Gasteiger partial charge is 0.344 e. The van der Waals surface area contributed by atoms with Gasteiger partial charge in [0.2, 0.25) is 0 Å². The number of carbonyl (C=O) groups is 2. The molecule has 0 heterocycles. The minimum atomic E-state index is -0.532. The zero-order valence-corrected chi connectivity index (χ0v) is 21.2. The van der Waals surface area contributed by atoms with Gasteiger partial charge in [0.15, 0.2) is 6.61 Å². The molecule has 0 saturated heterocycles. The van der Waals surface area contributed by atoms with E-state index in [2.05, 4.69) is 6.92 Å². The van der Waals surface area contributed by atoms with Crippen molar-refractivity contribution in [2.24, 2.45) is 5.73 Å². The Morgan fingerprint density at radius 2 is 1.43 bits per heavy atom. The topological polar surface area (TPSA) is 106 Å². The van der Waals surface area contributed by atoms with Crippen LogP contribution in [0.25, 0.3) is 0 Å². The van der Waals surface area contributed by atoms with Gasteiger partial charge in [-0.05, 0) is 44.0 Å². The molecule has 0 unspecified atom stereocenters. The van der Waals surface area contributed by atoms with E-state index < -0.39 is 11.9 Å². The molecule has 0 fully saturated rings. The largest absolute Gasteiger partial charge is 0.495 e. The Balaban J connectivity index is 2.00. The van der Waals surface area contributed by atoms with Crippen LogP contribution in [-0.2, 0) is 22.4 Å². The van der Waals surface area contributed by atoms with Crippen molar-refractivity contribution in [3.8, 4) is 23.0 Å². The van der Waals surface area contributed by atoms with Crippen LogP contribution in [0, 0.1) is 0 Å². The van der Waals surface area contributed by atoms with Crippen LogP contribution in [0.4, 0.5) is 0 Å². The number of benzene rings is 2. The lowest BCUT2D eigenvalue weighted by Crippen LogP contribution is -2.15. The lowest BCUT2D eigenvalue weighted by Gasteiger charge is -2.18. The summed E-state index contributed by atoms with van der Waals surface area (Å²) in [5.41, 5.74) is 7.60. The van der Waals surface area contributed by atoms with Gasteiger partial charge < -0.3 is 29.4 Å². The number of carbonyl (C=O) groups excluding carboxylic acids is 2. The van der Waals surface area contributed by atoms with Crippen molar-refractivity contribution in [1.29, 1.82) is 0 Å². The number of rotatable bonds is 16. The molecule has 8 nitrogen and oxygen atoms in total. The Labute approximate surface area is 207 Å². The van der Waals surface area contributed by atoms with E-state index in [1.54, 1.807) is 19.1 Å². The number of primary amides is 1. The second-order valence-corrected chi connectivity index (χ2v) is 7.86. The number of nitrogens with two attached hydrogens (primary N) is 1. The van der Waals surface area contributed by atoms with Crippen molar-refractivity contribution in [3.63, 3.8) is 0 Å². The van der Waals surface area contributed by atoms with Crippen LogP contribution in [-0.4, -0.2) is 45.4 Å². The summed E-state index contributed by atoms with van der Waals surface area (Å²) in [4.78, 5) is 23.4. The van der Waals surface area contributed by atoms with E-state index in [1.165, 1.54) is 7.11 Å². The molecule has 2 aromatic rings. The first-order valence-corrected chi connectivity index (χ1v) is 12.1. The van der Waals surface area contributed by atoms with Gasteiger partial charge in [-0.1, -0.05) is 32.8 Å². The second-order valence-electron chi connectivity index (χ2n) is 7.86. The van der Waals surface area contributed by atoms with Gasteiger partial charge in [-0.3, -0.25) is 4.79 Å². The maximum atomic E-state index is 11.7. The summed E-state index contributed by atoms with van der Waals surface area (Å²) >= 11 is 0. The van der Waals surface area contributed by atoms with Gasteiger partial charge in [0.1, 0.15) is 23.0 Å². The fourth-order valence-corrected chi connectivity index (χ4v) is 3.73. The number of amides is 1. The molecule has 2 aromatic carbocycles. The second kappa shape index (κ2) is 14.8. The number of hydrogen-bond donors (Lipinski definition) is 1. The average Bonchev–Trinajstić information content (AvgIpc) is 2.84. The summed E-state index contributed by atoms with van der Waals surface area (Å²) in [6, 6.07) is 8.96. The van der Waals surface area contributed by atoms with Gasteiger partial charge in [-0.25, -0.2) is 4.79 Å². The highest BCUT2D eigenvalue weighted by Gasteiger charge is 2.18. The standard InChI is InChI=1S/C27H37NO7/c1-5-10-19-22(12-8-13-23(19)35-18-25(29)32-7-3)33-16-9-17-34-24-15-14-21(27(28)30)26(31-4)20(24)11-6-2/h8,12-15H,5-7,9-11,16-18H2,1-4H3,(H2,28,30). The fraction of sp³-hybridized carbons (Fsp3) is 0.481. The summed E-state index contributed by atoms with van der Waals surface area (Å²) in [5, 5.41) is 0. The van der Waals surface area contributed by atoms with Crippen molar-refractivity contribution in [2.75, 3.05) is 33.5 Å².